The number of nitrogens with one attached hydrogen (secondary N) is 2. The van der Waals surface area contributed by atoms with E-state index in [-0.39, 0.29) is 23.4 Å². The van der Waals surface area contributed by atoms with E-state index in [0.717, 1.165) is 11.1 Å². The topological polar surface area (TPSA) is 78.5 Å². The quantitative estimate of drug-likeness (QED) is 0.785. The number of hydrogen-bond acceptors (Lipinski definition) is 4. The standard InChI is InChI=1S/C17H29N3O3S/c1-11(2)14(5)19-17(21)10-18-16-9-15(8-12(3)13(16)4)24(22,23)20(6)7/h8-9,11,14,18H,10H2,1-7H3,(H,19,21). The molecular formula is C17H29N3O3S. The summed E-state index contributed by atoms with van der Waals surface area (Å²) in [6.45, 7) is 9.91. The molecule has 0 aromatic heterocycles. The van der Waals surface area contributed by atoms with E-state index in [1.165, 1.54) is 18.4 Å². The van der Waals surface area contributed by atoms with Crippen molar-refractivity contribution in [3.63, 3.8) is 0 Å². The number of nitrogens with zero attached hydrogens (tertiary/aromatic N) is 1. The van der Waals surface area contributed by atoms with Gasteiger partial charge in [0.15, 0.2) is 0 Å². The Bertz CT molecular complexity index is 697. The van der Waals surface area contributed by atoms with Crippen LogP contribution in [0.2, 0.25) is 0 Å². The second kappa shape index (κ2) is 7.98. The molecule has 1 rings (SSSR count). The van der Waals surface area contributed by atoms with E-state index in [4.69, 9.17) is 0 Å². The van der Waals surface area contributed by atoms with Gasteiger partial charge in [-0.25, -0.2) is 12.7 Å². The smallest absolute Gasteiger partial charge is 0.242 e. The highest BCUT2D eigenvalue weighted by Gasteiger charge is 2.20. The van der Waals surface area contributed by atoms with Gasteiger partial charge in [0.25, 0.3) is 0 Å². The number of rotatable bonds is 7. The van der Waals surface area contributed by atoms with Crippen LogP contribution in [0.4, 0.5) is 5.69 Å². The molecule has 0 heterocycles. The van der Waals surface area contributed by atoms with Gasteiger partial charge in [-0.05, 0) is 49.9 Å². The van der Waals surface area contributed by atoms with E-state index in [1.807, 2.05) is 34.6 Å². The summed E-state index contributed by atoms with van der Waals surface area (Å²) in [5, 5.41) is 5.97. The highest BCUT2D eigenvalue weighted by molar-refractivity contribution is 7.89. The molecule has 1 aromatic rings. The average molecular weight is 356 g/mol. The van der Waals surface area contributed by atoms with Crippen LogP contribution in [-0.4, -0.2) is 45.3 Å². The van der Waals surface area contributed by atoms with Gasteiger partial charge >= 0.3 is 0 Å². The van der Waals surface area contributed by atoms with Crippen LogP contribution in [0.1, 0.15) is 31.9 Å². The number of amides is 1. The van der Waals surface area contributed by atoms with Crippen molar-refractivity contribution in [2.75, 3.05) is 26.0 Å². The lowest BCUT2D eigenvalue weighted by molar-refractivity contribution is -0.120. The molecule has 0 bridgehead atoms. The minimum Gasteiger partial charge on any atom is -0.376 e. The third-order valence-corrected chi connectivity index (χ3v) is 6.04. The number of sulfonamides is 1. The van der Waals surface area contributed by atoms with Gasteiger partial charge < -0.3 is 10.6 Å². The summed E-state index contributed by atoms with van der Waals surface area (Å²) in [7, 11) is -0.518. The normalized spacial score (nSPS) is 13.2. The number of carbonyl (C=O) groups excluding carboxylic acids is 1. The molecule has 0 spiro atoms. The fraction of sp³-hybridized carbons (Fsp3) is 0.588. The molecule has 0 saturated carbocycles. The van der Waals surface area contributed by atoms with E-state index in [0.29, 0.717) is 11.6 Å². The van der Waals surface area contributed by atoms with Crippen LogP contribution in [0.15, 0.2) is 17.0 Å². The van der Waals surface area contributed by atoms with Crippen molar-refractivity contribution in [2.24, 2.45) is 5.92 Å². The maximum Gasteiger partial charge on any atom is 0.242 e. The SMILES string of the molecule is Cc1cc(S(=O)(=O)N(C)C)cc(NCC(=O)NC(C)C(C)C)c1C. The first-order valence-corrected chi connectivity index (χ1v) is 9.47. The first kappa shape index (κ1) is 20.4. The Morgan fingerprint density at radius 1 is 1.17 bits per heavy atom. The number of benzene rings is 1. The van der Waals surface area contributed by atoms with Crippen molar-refractivity contribution in [1.29, 1.82) is 0 Å². The van der Waals surface area contributed by atoms with Crippen LogP contribution < -0.4 is 10.6 Å². The monoisotopic (exact) mass is 355 g/mol. The molecule has 2 N–H and O–H groups in total. The zero-order chi connectivity index (χ0) is 18.7. The summed E-state index contributed by atoms with van der Waals surface area (Å²) >= 11 is 0. The lowest BCUT2D eigenvalue weighted by Gasteiger charge is -2.19. The van der Waals surface area contributed by atoms with Gasteiger partial charge in [-0.3, -0.25) is 4.79 Å². The highest BCUT2D eigenvalue weighted by atomic mass is 32.2. The van der Waals surface area contributed by atoms with E-state index in [2.05, 4.69) is 10.6 Å². The van der Waals surface area contributed by atoms with Gasteiger partial charge in [0.05, 0.1) is 11.4 Å². The minimum atomic E-state index is -3.51. The van der Waals surface area contributed by atoms with Gasteiger partial charge in [-0.15, -0.1) is 0 Å². The lowest BCUT2D eigenvalue weighted by atomic mass is 10.1. The van der Waals surface area contributed by atoms with Crippen LogP contribution in [0.25, 0.3) is 0 Å². The maximum absolute atomic E-state index is 12.3. The van der Waals surface area contributed by atoms with Crippen LogP contribution in [0.3, 0.4) is 0 Å². The molecule has 24 heavy (non-hydrogen) atoms. The van der Waals surface area contributed by atoms with Crippen molar-refractivity contribution in [2.45, 2.75) is 45.6 Å². The van der Waals surface area contributed by atoms with Gasteiger partial charge in [0, 0.05) is 25.8 Å². The first-order chi connectivity index (χ1) is 11.0. The molecule has 0 fully saturated rings. The molecule has 1 unspecified atom stereocenters. The van der Waals surface area contributed by atoms with Crippen molar-refractivity contribution in [1.82, 2.24) is 9.62 Å². The molecule has 1 aromatic carbocycles. The molecule has 1 amide bonds. The van der Waals surface area contributed by atoms with Gasteiger partial charge in [0.2, 0.25) is 15.9 Å². The summed E-state index contributed by atoms with van der Waals surface area (Å²) in [6.07, 6.45) is 0. The van der Waals surface area contributed by atoms with Crippen molar-refractivity contribution < 1.29 is 13.2 Å². The Labute approximate surface area is 145 Å². The molecule has 0 aliphatic carbocycles. The Morgan fingerprint density at radius 2 is 1.75 bits per heavy atom. The molecule has 1 atom stereocenters. The zero-order valence-electron chi connectivity index (χ0n) is 15.6. The molecule has 7 heteroatoms. The largest absolute Gasteiger partial charge is 0.376 e. The Hall–Kier alpha value is -1.60. The molecule has 0 radical (unpaired) electrons. The molecule has 0 aliphatic heterocycles. The zero-order valence-corrected chi connectivity index (χ0v) is 16.4. The van der Waals surface area contributed by atoms with Crippen LogP contribution in [0, 0.1) is 19.8 Å². The maximum atomic E-state index is 12.3. The number of aryl methyl sites for hydroxylation is 1. The van der Waals surface area contributed by atoms with Crippen molar-refractivity contribution >= 4 is 21.6 Å². The van der Waals surface area contributed by atoms with Gasteiger partial charge in [-0.1, -0.05) is 13.8 Å². The van der Waals surface area contributed by atoms with E-state index in [9.17, 15) is 13.2 Å². The fourth-order valence-corrected chi connectivity index (χ4v) is 3.03. The third kappa shape index (κ3) is 4.95. The predicted molar refractivity (Wildman–Crippen MR) is 97.7 cm³/mol. The molecule has 0 aliphatic rings. The number of anilines is 1. The van der Waals surface area contributed by atoms with Crippen molar-refractivity contribution in [3.05, 3.63) is 23.3 Å². The highest BCUT2D eigenvalue weighted by Crippen LogP contribution is 2.25. The summed E-state index contributed by atoms with van der Waals surface area (Å²) in [6, 6.07) is 3.32. The Kier molecular flexibility index (Phi) is 6.80. The Morgan fingerprint density at radius 3 is 2.25 bits per heavy atom. The number of carbonyl (C=O) groups is 1. The van der Waals surface area contributed by atoms with Crippen molar-refractivity contribution in [3.8, 4) is 0 Å². The van der Waals surface area contributed by atoms with Crippen LogP contribution in [0.5, 0.6) is 0 Å². The number of hydrogen-bond donors (Lipinski definition) is 2. The van der Waals surface area contributed by atoms with Gasteiger partial charge in [0.1, 0.15) is 0 Å². The third-order valence-electron chi connectivity index (χ3n) is 4.25. The second-order valence-electron chi connectivity index (χ2n) is 6.65. The summed E-state index contributed by atoms with van der Waals surface area (Å²) in [4.78, 5) is 12.2. The summed E-state index contributed by atoms with van der Waals surface area (Å²) < 4.78 is 25.8. The minimum absolute atomic E-state index is 0.0857. The van der Waals surface area contributed by atoms with Crippen LogP contribution in [-0.2, 0) is 14.8 Å². The summed E-state index contributed by atoms with van der Waals surface area (Å²) in [5.41, 5.74) is 2.44. The fourth-order valence-electron chi connectivity index (χ4n) is 2.02. The average Bonchev–Trinajstić information content (AvgIpc) is 2.47. The second-order valence-corrected chi connectivity index (χ2v) is 8.81. The van der Waals surface area contributed by atoms with Crippen LogP contribution >= 0.6 is 0 Å². The molecular weight excluding hydrogens is 326 g/mol. The molecule has 0 saturated heterocycles. The van der Waals surface area contributed by atoms with E-state index >= 15 is 0 Å². The lowest BCUT2D eigenvalue weighted by Crippen LogP contribution is -2.39. The van der Waals surface area contributed by atoms with Gasteiger partial charge in [-0.2, -0.15) is 0 Å². The summed E-state index contributed by atoms with van der Waals surface area (Å²) in [5.74, 6) is 0.237. The predicted octanol–water partition coefficient (Wildman–Crippen LogP) is 2.13. The first-order valence-electron chi connectivity index (χ1n) is 8.03. The molecule has 136 valence electrons. The van der Waals surface area contributed by atoms with E-state index in [1.54, 1.807) is 12.1 Å². The molecule has 6 nitrogen and oxygen atoms in total. The Balaban J connectivity index is 2.97. The van der Waals surface area contributed by atoms with E-state index < -0.39 is 10.0 Å².